The molecular weight excluding hydrogens is 512 g/mol. The summed E-state index contributed by atoms with van der Waals surface area (Å²) in [6, 6.07) is 7.13. The van der Waals surface area contributed by atoms with Crippen LogP contribution >= 0.6 is 0 Å². The van der Waals surface area contributed by atoms with Gasteiger partial charge in [0.2, 0.25) is 11.5 Å². The van der Waals surface area contributed by atoms with Crippen molar-refractivity contribution in [3.05, 3.63) is 30.0 Å². The summed E-state index contributed by atoms with van der Waals surface area (Å²) >= 11 is 0. The molecule has 0 saturated carbocycles. The lowest BCUT2D eigenvalue weighted by atomic mass is 9.91. The number of ether oxygens (including phenoxy) is 1. The lowest BCUT2D eigenvalue weighted by molar-refractivity contribution is -0.138. The highest BCUT2D eigenvalue weighted by Gasteiger charge is 2.35. The number of likely N-dealkylation sites (N-methyl/N-ethyl adjacent to an activating group) is 1. The fourth-order valence-electron chi connectivity index (χ4n) is 5.39. The number of amides is 3. The number of carbonyl (C=O) groups is 2. The SMILES string of the molecule is CCNC(C)(C)C(=O)N1CCC(c2noc3c(N4CCOCC4)nc(-c4ccc(NC(=O)NC)cc4)nc23)CC1. The number of nitrogens with one attached hydrogen (secondary N) is 3. The molecule has 3 aromatic rings. The normalized spacial score (nSPS) is 16.8. The number of likely N-dealkylation sites (tertiary alicyclic amines) is 1. The summed E-state index contributed by atoms with van der Waals surface area (Å²) in [5.74, 6) is 1.50. The number of carbonyl (C=O) groups excluding carboxylic acids is 2. The second-order valence-electron chi connectivity index (χ2n) is 10.7. The molecule has 0 aliphatic carbocycles. The van der Waals surface area contributed by atoms with Gasteiger partial charge in [0.25, 0.3) is 0 Å². The highest BCUT2D eigenvalue weighted by atomic mass is 16.5. The van der Waals surface area contributed by atoms with Crippen molar-refractivity contribution < 1.29 is 18.8 Å². The largest absolute Gasteiger partial charge is 0.378 e. The van der Waals surface area contributed by atoms with Crippen molar-refractivity contribution in [1.29, 1.82) is 0 Å². The van der Waals surface area contributed by atoms with Gasteiger partial charge in [-0.25, -0.2) is 14.8 Å². The Balaban J connectivity index is 1.44. The molecule has 2 saturated heterocycles. The van der Waals surface area contributed by atoms with Crippen LogP contribution in [0.1, 0.15) is 45.2 Å². The van der Waals surface area contributed by atoms with E-state index in [1.807, 2.05) is 49.9 Å². The molecule has 12 nitrogen and oxygen atoms in total. The molecule has 0 bridgehead atoms. The molecule has 2 aliphatic rings. The Hall–Kier alpha value is -3.77. The van der Waals surface area contributed by atoms with E-state index in [1.54, 1.807) is 7.05 Å². The molecule has 2 fully saturated rings. The van der Waals surface area contributed by atoms with Crippen molar-refractivity contribution in [2.75, 3.05) is 63.2 Å². The fourth-order valence-corrected chi connectivity index (χ4v) is 5.39. The van der Waals surface area contributed by atoms with Gasteiger partial charge in [-0.3, -0.25) is 4.79 Å². The highest BCUT2D eigenvalue weighted by molar-refractivity contribution is 5.90. The lowest BCUT2D eigenvalue weighted by Crippen LogP contribution is -2.55. The van der Waals surface area contributed by atoms with E-state index in [0.29, 0.717) is 67.8 Å². The molecule has 0 atom stereocenters. The third-order valence-electron chi connectivity index (χ3n) is 7.59. The van der Waals surface area contributed by atoms with Crippen LogP contribution in [0.2, 0.25) is 0 Å². The van der Waals surface area contributed by atoms with Gasteiger partial charge < -0.3 is 35.0 Å². The van der Waals surface area contributed by atoms with Gasteiger partial charge in [0.1, 0.15) is 11.2 Å². The maximum absolute atomic E-state index is 13.1. The van der Waals surface area contributed by atoms with Gasteiger partial charge in [0.05, 0.1) is 18.8 Å². The summed E-state index contributed by atoms with van der Waals surface area (Å²) in [6.45, 7) is 10.5. The summed E-state index contributed by atoms with van der Waals surface area (Å²) in [7, 11) is 1.57. The van der Waals surface area contributed by atoms with E-state index in [2.05, 4.69) is 26.0 Å². The maximum atomic E-state index is 13.1. The van der Waals surface area contributed by atoms with Crippen molar-refractivity contribution >= 4 is 34.5 Å². The van der Waals surface area contributed by atoms with Crippen molar-refractivity contribution in [2.24, 2.45) is 0 Å². The zero-order valence-corrected chi connectivity index (χ0v) is 23.6. The Labute approximate surface area is 233 Å². The predicted octanol–water partition coefficient (Wildman–Crippen LogP) is 2.97. The van der Waals surface area contributed by atoms with Crippen molar-refractivity contribution in [3.8, 4) is 11.4 Å². The van der Waals surface area contributed by atoms with Gasteiger partial charge in [0.15, 0.2) is 11.6 Å². The first-order chi connectivity index (χ1) is 19.3. The van der Waals surface area contributed by atoms with Crippen LogP contribution in [0.3, 0.4) is 0 Å². The molecule has 1 aromatic carbocycles. The number of urea groups is 1. The molecule has 2 aromatic heterocycles. The van der Waals surface area contributed by atoms with E-state index >= 15 is 0 Å². The number of benzene rings is 1. The smallest absolute Gasteiger partial charge is 0.318 e. The number of rotatable bonds is 7. The lowest BCUT2D eigenvalue weighted by Gasteiger charge is -2.36. The topological polar surface area (TPSA) is 138 Å². The van der Waals surface area contributed by atoms with Gasteiger partial charge in [-0.1, -0.05) is 12.1 Å². The Kier molecular flexibility index (Phi) is 8.17. The number of hydrogen-bond acceptors (Lipinski definition) is 9. The predicted molar refractivity (Wildman–Crippen MR) is 152 cm³/mol. The van der Waals surface area contributed by atoms with Crippen LogP contribution in [0.15, 0.2) is 28.8 Å². The first-order valence-electron chi connectivity index (χ1n) is 13.9. The molecule has 12 heteroatoms. The van der Waals surface area contributed by atoms with Gasteiger partial charge in [-0.2, -0.15) is 0 Å². The Morgan fingerprint density at radius 2 is 1.75 bits per heavy atom. The first-order valence-corrected chi connectivity index (χ1v) is 13.9. The highest BCUT2D eigenvalue weighted by Crippen LogP contribution is 2.36. The third-order valence-corrected chi connectivity index (χ3v) is 7.59. The monoisotopic (exact) mass is 550 g/mol. The van der Waals surface area contributed by atoms with Crippen LogP contribution in [-0.4, -0.2) is 90.5 Å². The average molecular weight is 551 g/mol. The van der Waals surface area contributed by atoms with Crippen LogP contribution in [0.25, 0.3) is 22.5 Å². The zero-order chi connectivity index (χ0) is 28.3. The second kappa shape index (κ2) is 11.8. The van der Waals surface area contributed by atoms with E-state index in [9.17, 15) is 9.59 Å². The molecule has 5 rings (SSSR count). The van der Waals surface area contributed by atoms with E-state index in [4.69, 9.17) is 19.2 Å². The number of nitrogens with zero attached hydrogens (tertiary/aromatic N) is 5. The first kappa shape index (κ1) is 27.8. The minimum atomic E-state index is -0.594. The van der Waals surface area contributed by atoms with E-state index in [-0.39, 0.29) is 17.9 Å². The molecule has 0 radical (unpaired) electrons. The number of anilines is 2. The molecule has 40 heavy (non-hydrogen) atoms. The quantitative estimate of drug-likeness (QED) is 0.405. The average Bonchev–Trinajstić information content (AvgIpc) is 3.41. The molecular formula is C28H38N8O4. The standard InChI is InChI=1S/C28H38N8O4/c1-5-30-28(2,3)26(37)36-12-10-18(11-13-36)21-22-23(40-34-21)25(35-14-16-39-17-15-35)33-24(32-22)19-6-8-20(9-7-19)31-27(38)29-4/h6-9,18,30H,5,10-17H2,1-4H3,(H2,29,31,38). The number of aromatic nitrogens is 3. The van der Waals surface area contributed by atoms with Gasteiger partial charge in [-0.05, 0) is 57.5 Å². The minimum absolute atomic E-state index is 0.117. The Morgan fingerprint density at radius 1 is 1.05 bits per heavy atom. The third kappa shape index (κ3) is 5.73. The maximum Gasteiger partial charge on any atom is 0.318 e. The Bertz CT molecular complexity index is 1340. The molecule has 0 unspecified atom stereocenters. The zero-order valence-electron chi connectivity index (χ0n) is 23.6. The molecule has 4 heterocycles. The molecule has 0 spiro atoms. The van der Waals surface area contributed by atoms with Crippen molar-refractivity contribution in [2.45, 2.75) is 45.1 Å². The minimum Gasteiger partial charge on any atom is -0.378 e. The van der Waals surface area contributed by atoms with Crippen molar-refractivity contribution in [1.82, 2.24) is 30.7 Å². The van der Waals surface area contributed by atoms with Crippen LogP contribution in [0.5, 0.6) is 0 Å². The second-order valence-corrected chi connectivity index (χ2v) is 10.7. The van der Waals surface area contributed by atoms with Crippen LogP contribution in [-0.2, 0) is 9.53 Å². The molecule has 2 aliphatic heterocycles. The molecule has 3 N–H and O–H groups in total. The van der Waals surface area contributed by atoms with Gasteiger partial charge in [0, 0.05) is 50.4 Å². The van der Waals surface area contributed by atoms with Gasteiger partial charge >= 0.3 is 6.03 Å². The Morgan fingerprint density at radius 3 is 2.40 bits per heavy atom. The van der Waals surface area contributed by atoms with Crippen LogP contribution in [0.4, 0.5) is 16.3 Å². The van der Waals surface area contributed by atoms with Gasteiger partial charge in [-0.15, -0.1) is 0 Å². The van der Waals surface area contributed by atoms with E-state index < -0.39 is 5.54 Å². The van der Waals surface area contributed by atoms with Crippen LogP contribution in [0, 0.1) is 0 Å². The molecule has 3 amide bonds. The summed E-state index contributed by atoms with van der Waals surface area (Å²) < 4.78 is 11.5. The molecule has 214 valence electrons. The number of hydrogen-bond donors (Lipinski definition) is 3. The summed E-state index contributed by atoms with van der Waals surface area (Å²) in [6.07, 6.45) is 1.56. The summed E-state index contributed by atoms with van der Waals surface area (Å²) in [4.78, 5) is 38.7. The van der Waals surface area contributed by atoms with Crippen molar-refractivity contribution in [3.63, 3.8) is 0 Å². The number of morpholine rings is 1. The summed E-state index contributed by atoms with van der Waals surface area (Å²) in [5, 5.41) is 13.1. The summed E-state index contributed by atoms with van der Waals surface area (Å²) in [5.41, 5.74) is 2.98. The number of piperidine rings is 1. The van der Waals surface area contributed by atoms with E-state index in [1.165, 1.54) is 0 Å². The number of fused-ring (bicyclic) bond motifs is 1. The fraction of sp³-hybridized carbons (Fsp3) is 0.536. The van der Waals surface area contributed by atoms with Crippen LogP contribution < -0.4 is 20.9 Å². The van der Waals surface area contributed by atoms with E-state index in [0.717, 1.165) is 30.6 Å².